The molecule has 0 bridgehead atoms. The number of amides is 1. The number of hydrogen-bond donors (Lipinski definition) is 1. The van der Waals surface area contributed by atoms with E-state index in [4.69, 9.17) is 5.73 Å². The quantitative estimate of drug-likeness (QED) is 0.689. The van der Waals surface area contributed by atoms with Gasteiger partial charge in [0.2, 0.25) is 5.91 Å². The van der Waals surface area contributed by atoms with Crippen molar-refractivity contribution in [3.8, 4) is 0 Å². The Bertz CT molecular complexity index is 223. The number of likely N-dealkylation sites (N-methyl/N-ethyl adjacent to an activating group) is 1. The molecule has 0 atom stereocenters. The van der Waals surface area contributed by atoms with E-state index in [0.717, 1.165) is 39.0 Å². The number of halogens is 1. The summed E-state index contributed by atoms with van der Waals surface area (Å²) in [7, 11) is 2.10. The van der Waals surface area contributed by atoms with E-state index in [2.05, 4.69) is 11.9 Å². The lowest BCUT2D eigenvalue weighted by Crippen LogP contribution is -2.52. The summed E-state index contributed by atoms with van der Waals surface area (Å²) in [6, 6.07) is 0.274. The minimum Gasteiger partial charge on any atom is -0.340 e. The summed E-state index contributed by atoms with van der Waals surface area (Å²) in [6.07, 6.45) is 1.79. The molecular weight excluding hydrogens is 214 g/mol. The Hall–Kier alpha value is -0.320. The first kappa shape index (κ1) is 12.7. The van der Waals surface area contributed by atoms with E-state index in [-0.39, 0.29) is 24.4 Å². The van der Waals surface area contributed by atoms with E-state index in [9.17, 15) is 4.79 Å². The summed E-state index contributed by atoms with van der Waals surface area (Å²) in [5.74, 6) is 0.563. The maximum atomic E-state index is 11.9. The Kier molecular flexibility index (Phi) is 4.37. The maximum absolute atomic E-state index is 11.9. The van der Waals surface area contributed by atoms with Gasteiger partial charge in [-0.15, -0.1) is 12.4 Å². The van der Waals surface area contributed by atoms with Gasteiger partial charge in [-0.2, -0.15) is 0 Å². The topological polar surface area (TPSA) is 49.6 Å². The monoisotopic (exact) mass is 233 g/mol. The van der Waals surface area contributed by atoms with Crippen LogP contribution in [0.25, 0.3) is 0 Å². The van der Waals surface area contributed by atoms with Gasteiger partial charge in [0.25, 0.3) is 0 Å². The fourth-order valence-electron chi connectivity index (χ4n) is 2.15. The Balaban J connectivity index is 0.00000112. The van der Waals surface area contributed by atoms with Crippen molar-refractivity contribution < 1.29 is 4.79 Å². The van der Waals surface area contributed by atoms with Crippen molar-refractivity contribution in [2.24, 2.45) is 11.7 Å². The largest absolute Gasteiger partial charge is 0.340 e. The lowest BCUT2D eigenvalue weighted by Gasteiger charge is -2.39. The summed E-state index contributed by atoms with van der Waals surface area (Å²) < 4.78 is 0. The Morgan fingerprint density at radius 3 is 2.20 bits per heavy atom. The molecule has 2 N–H and O–H groups in total. The smallest absolute Gasteiger partial charge is 0.225 e. The van der Waals surface area contributed by atoms with Crippen molar-refractivity contribution >= 4 is 18.3 Å². The summed E-state index contributed by atoms with van der Waals surface area (Å²) in [5.41, 5.74) is 5.68. The van der Waals surface area contributed by atoms with Gasteiger partial charge in [0, 0.05) is 38.1 Å². The van der Waals surface area contributed by atoms with Crippen LogP contribution in [0.2, 0.25) is 0 Å². The average Bonchev–Trinajstić information content (AvgIpc) is 2.13. The van der Waals surface area contributed by atoms with Gasteiger partial charge in [-0.1, -0.05) is 0 Å². The Labute approximate surface area is 97.2 Å². The zero-order valence-corrected chi connectivity index (χ0v) is 10.0. The van der Waals surface area contributed by atoms with Gasteiger partial charge in [-0.3, -0.25) is 4.79 Å². The molecule has 0 spiro atoms. The third-order valence-electron chi connectivity index (χ3n) is 3.34. The number of piperazine rings is 1. The molecular formula is C10H20ClN3O. The van der Waals surface area contributed by atoms with Crippen molar-refractivity contribution in [1.29, 1.82) is 0 Å². The lowest BCUT2D eigenvalue weighted by atomic mass is 9.80. The predicted molar refractivity (Wildman–Crippen MR) is 62.0 cm³/mol. The van der Waals surface area contributed by atoms with Gasteiger partial charge in [0.05, 0.1) is 0 Å². The lowest BCUT2D eigenvalue weighted by molar-refractivity contribution is -0.140. The molecule has 2 rings (SSSR count). The van der Waals surface area contributed by atoms with Crippen LogP contribution in [-0.4, -0.2) is 55.0 Å². The van der Waals surface area contributed by atoms with Crippen molar-refractivity contribution in [2.75, 3.05) is 33.2 Å². The molecule has 0 unspecified atom stereocenters. The number of carbonyl (C=O) groups excluding carboxylic acids is 1. The van der Waals surface area contributed by atoms with E-state index in [1.54, 1.807) is 0 Å². The Morgan fingerprint density at radius 2 is 1.73 bits per heavy atom. The van der Waals surface area contributed by atoms with Crippen LogP contribution in [0.4, 0.5) is 0 Å². The highest BCUT2D eigenvalue weighted by Gasteiger charge is 2.35. The van der Waals surface area contributed by atoms with Crippen LogP contribution < -0.4 is 5.73 Å². The molecule has 2 fully saturated rings. The van der Waals surface area contributed by atoms with Gasteiger partial charge >= 0.3 is 0 Å². The van der Waals surface area contributed by atoms with E-state index in [1.165, 1.54) is 0 Å². The van der Waals surface area contributed by atoms with Crippen molar-refractivity contribution in [2.45, 2.75) is 18.9 Å². The molecule has 0 aromatic heterocycles. The van der Waals surface area contributed by atoms with E-state index >= 15 is 0 Å². The number of hydrogen-bond acceptors (Lipinski definition) is 3. The first-order valence-corrected chi connectivity index (χ1v) is 5.39. The second kappa shape index (κ2) is 5.14. The molecule has 1 heterocycles. The van der Waals surface area contributed by atoms with Crippen molar-refractivity contribution in [1.82, 2.24) is 9.80 Å². The molecule has 1 saturated carbocycles. The highest BCUT2D eigenvalue weighted by Crippen LogP contribution is 2.27. The molecule has 1 aliphatic carbocycles. The predicted octanol–water partition coefficient (Wildman–Crippen LogP) is -0.0805. The summed E-state index contributed by atoms with van der Waals surface area (Å²) in [4.78, 5) is 16.1. The number of rotatable bonds is 1. The molecule has 4 nitrogen and oxygen atoms in total. The summed E-state index contributed by atoms with van der Waals surface area (Å²) in [5, 5.41) is 0. The average molecular weight is 234 g/mol. The fourth-order valence-corrected chi connectivity index (χ4v) is 2.15. The standard InChI is InChI=1S/C10H19N3O.ClH/c1-12-2-4-13(5-3-12)10(14)8-6-9(11)7-8;/h8-9H,2-7,11H2,1H3;1H. The first-order valence-electron chi connectivity index (χ1n) is 5.39. The highest BCUT2D eigenvalue weighted by molar-refractivity contribution is 5.85. The molecule has 0 aromatic carbocycles. The Morgan fingerprint density at radius 1 is 1.20 bits per heavy atom. The number of carbonyl (C=O) groups is 1. The van der Waals surface area contributed by atoms with Crippen molar-refractivity contribution in [3.63, 3.8) is 0 Å². The molecule has 15 heavy (non-hydrogen) atoms. The van der Waals surface area contributed by atoms with E-state index in [0.29, 0.717) is 5.91 Å². The van der Waals surface area contributed by atoms with Gasteiger partial charge in [0.15, 0.2) is 0 Å². The number of nitrogens with zero attached hydrogens (tertiary/aromatic N) is 2. The van der Waals surface area contributed by atoms with Crippen LogP contribution in [0.3, 0.4) is 0 Å². The van der Waals surface area contributed by atoms with Crippen LogP contribution in [0.5, 0.6) is 0 Å². The van der Waals surface area contributed by atoms with E-state index in [1.807, 2.05) is 4.90 Å². The molecule has 1 amide bonds. The van der Waals surface area contributed by atoms with Gasteiger partial charge in [0.1, 0.15) is 0 Å². The third kappa shape index (κ3) is 2.83. The normalized spacial score (nSPS) is 31.7. The third-order valence-corrected chi connectivity index (χ3v) is 3.34. The molecule has 2 aliphatic rings. The van der Waals surface area contributed by atoms with Crippen LogP contribution in [-0.2, 0) is 4.79 Å². The van der Waals surface area contributed by atoms with Crippen molar-refractivity contribution in [3.05, 3.63) is 0 Å². The zero-order chi connectivity index (χ0) is 10.1. The maximum Gasteiger partial charge on any atom is 0.225 e. The molecule has 0 radical (unpaired) electrons. The van der Waals surface area contributed by atoms with Crippen LogP contribution >= 0.6 is 12.4 Å². The number of nitrogens with two attached hydrogens (primary N) is 1. The van der Waals surface area contributed by atoms with Crippen LogP contribution in [0.1, 0.15) is 12.8 Å². The molecule has 88 valence electrons. The highest BCUT2D eigenvalue weighted by atomic mass is 35.5. The van der Waals surface area contributed by atoms with Gasteiger partial charge in [-0.25, -0.2) is 0 Å². The molecule has 1 aliphatic heterocycles. The molecule has 0 aromatic rings. The van der Waals surface area contributed by atoms with Crippen LogP contribution in [0.15, 0.2) is 0 Å². The molecule has 1 saturated heterocycles. The summed E-state index contributed by atoms with van der Waals surface area (Å²) >= 11 is 0. The van der Waals surface area contributed by atoms with Gasteiger partial charge in [-0.05, 0) is 19.9 Å². The fraction of sp³-hybridized carbons (Fsp3) is 0.900. The molecule has 5 heteroatoms. The second-order valence-corrected chi connectivity index (χ2v) is 4.56. The van der Waals surface area contributed by atoms with Gasteiger partial charge < -0.3 is 15.5 Å². The summed E-state index contributed by atoms with van der Waals surface area (Å²) in [6.45, 7) is 3.79. The minimum atomic E-state index is 0. The van der Waals surface area contributed by atoms with E-state index < -0.39 is 0 Å². The first-order chi connectivity index (χ1) is 6.66. The minimum absolute atomic E-state index is 0. The second-order valence-electron chi connectivity index (χ2n) is 4.56. The SMILES string of the molecule is CN1CCN(C(=O)C2CC(N)C2)CC1.Cl. The zero-order valence-electron chi connectivity index (χ0n) is 9.19. The van der Waals surface area contributed by atoms with Crippen LogP contribution in [0, 0.1) is 5.92 Å².